The van der Waals surface area contributed by atoms with Crippen LogP contribution in [0.5, 0.6) is 0 Å². The molecular formula is C20H24N2O3. The SMILES string of the molecule is CC[C@@H]1[C@@H]2CC[N+]3([O-])CC[C@@]4(C(=C2C(=O)OC)Nc2ccccc24)[C@@H]13. The normalized spacial score (nSPS) is 40.4. The first-order chi connectivity index (χ1) is 12.1. The zero-order chi connectivity index (χ0) is 17.4. The van der Waals surface area contributed by atoms with Gasteiger partial charge in [-0.15, -0.1) is 0 Å². The predicted molar refractivity (Wildman–Crippen MR) is 94.4 cm³/mol. The lowest BCUT2D eigenvalue weighted by Gasteiger charge is -2.58. The summed E-state index contributed by atoms with van der Waals surface area (Å²) in [4.78, 5) is 12.8. The maximum atomic E-state index is 13.7. The molecule has 0 aromatic heterocycles. The van der Waals surface area contributed by atoms with Crippen molar-refractivity contribution in [1.82, 2.24) is 0 Å². The lowest BCUT2D eigenvalue weighted by molar-refractivity contribution is -0.906. The Kier molecular flexibility index (Phi) is 3.00. The third kappa shape index (κ3) is 1.64. The van der Waals surface area contributed by atoms with Gasteiger partial charge in [0.05, 0.1) is 31.2 Å². The molecule has 1 aromatic carbocycles. The highest BCUT2D eigenvalue weighted by Crippen LogP contribution is 2.64. The average molecular weight is 340 g/mol. The third-order valence-electron chi connectivity index (χ3n) is 7.27. The Labute approximate surface area is 147 Å². The van der Waals surface area contributed by atoms with Crippen LogP contribution in [0.1, 0.15) is 31.7 Å². The Bertz CT molecular complexity index is 804. The van der Waals surface area contributed by atoms with Gasteiger partial charge in [0, 0.05) is 36.1 Å². The molecule has 2 fully saturated rings. The number of carbonyl (C=O) groups is 1. The van der Waals surface area contributed by atoms with Crippen molar-refractivity contribution in [3.05, 3.63) is 46.3 Å². The molecule has 1 aromatic rings. The number of hydrogen-bond donors (Lipinski definition) is 1. The molecular weight excluding hydrogens is 316 g/mol. The maximum absolute atomic E-state index is 13.7. The van der Waals surface area contributed by atoms with Crippen molar-refractivity contribution >= 4 is 11.7 Å². The number of rotatable bonds is 2. The second-order valence-corrected chi connectivity index (χ2v) is 7.98. The first-order valence-electron chi connectivity index (χ1n) is 9.34. The van der Waals surface area contributed by atoms with Crippen LogP contribution in [0.3, 0.4) is 0 Å². The molecule has 1 aliphatic carbocycles. The summed E-state index contributed by atoms with van der Waals surface area (Å²) in [6, 6.07) is 8.27. The van der Waals surface area contributed by atoms with Gasteiger partial charge in [-0.05, 0) is 18.1 Å². The first kappa shape index (κ1) is 15.4. The van der Waals surface area contributed by atoms with Gasteiger partial charge in [0.1, 0.15) is 6.04 Å². The fraction of sp³-hybridized carbons (Fsp3) is 0.550. The van der Waals surface area contributed by atoms with Crippen LogP contribution in [-0.4, -0.2) is 36.9 Å². The van der Waals surface area contributed by atoms with Gasteiger partial charge in [-0.25, -0.2) is 4.79 Å². The molecule has 1 unspecified atom stereocenters. The van der Waals surface area contributed by atoms with E-state index in [-0.39, 0.29) is 33.9 Å². The molecule has 1 spiro atoms. The number of fused-ring (bicyclic) bond motifs is 2. The fourth-order valence-corrected chi connectivity index (χ4v) is 6.46. The van der Waals surface area contributed by atoms with Crippen LogP contribution < -0.4 is 5.32 Å². The van der Waals surface area contributed by atoms with E-state index >= 15 is 0 Å². The molecule has 0 radical (unpaired) electrons. The number of methoxy groups -OCH3 is 1. The number of nitrogens with zero attached hydrogens (tertiary/aromatic N) is 1. The van der Waals surface area contributed by atoms with E-state index < -0.39 is 0 Å². The second kappa shape index (κ2) is 4.86. The summed E-state index contributed by atoms with van der Waals surface area (Å²) in [6.45, 7) is 3.42. The van der Waals surface area contributed by atoms with E-state index in [0.29, 0.717) is 13.1 Å². The van der Waals surface area contributed by atoms with Crippen molar-refractivity contribution in [2.24, 2.45) is 11.8 Å². The number of quaternary nitrogens is 1. The largest absolute Gasteiger partial charge is 0.633 e. The molecule has 5 heteroatoms. The van der Waals surface area contributed by atoms with Crippen molar-refractivity contribution in [3.8, 4) is 0 Å². The maximum Gasteiger partial charge on any atom is 0.335 e. The average Bonchev–Trinajstić information content (AvgIpc) is 3.14. The number of ether oxygens (including phenoxy) is 1. The molecule has 0 saturated carbocycles. The summed E-state index contributed by atoms with van der Waals surface area (Å²) in [5.41, 5.74) is 3.67. The van der Waals surface area contributed by atoms with E-state index in [9.17, 15) is 10.0 Å². The predicted octanol–water partition coefficient (Wildman–Crippen LogP) is 2.92. The lowest BCUT2D eigenvalue weighted by atomic mass is 9.57. The first-order valence-corrected chi connectivity index (χ1v) is 9.34. The number of hydroxylamine groups is 3. The van der Waals surface area contributed by atoms with Crippen LogP contribution in [0.25, 0.3) is 0 Å². The summed E-state index contributed by atoms with van der Waals surface area (Å²) in [5.74, 6) is 0.139. The van der Waals surface area contributed by atoms with Crippen LogP contribution in [0.2, 0.25) is 0 Å². The van der Waals surface area contributed by atoms with Crippen LogP contribution in [-0.2, 0) is 14.9 Å². The quantitative estimate of drug-likeness (QED) is 0.511. The number of nitrogens with one attached hydrogen (secondary N) is 1. The molecule has 2 bridgehead atoms. The van der Waals surface area contributed by atoms with Crippen LogP contribution in [0.15, 0.2) is 35.5 Å². The van der Waals surface area contributed by atoms with Crippen molar-refractivity contribution in [3.63, 3.8) is 0 Å². The summed E-state index contributed by atoms with van der Waals surface area (Å²) >= 11 is 0. The summed E-state index contributed by atoms with van der Waals surface area (Å²) in [7, 11) is 1.46. The zero-order valence-electron chi connectivity index (χ0n) is 14.7. The number of carbonyl (C=O) groups excluding carboxylic acids is 1. The summed E-state index contributed by atoms with van der Waals surface area (Å²) in [6.07, 6.45) is 2.51. The van der Waals surface area contributed by atoms with Gasteiger partial charge in [0.25, 0.3) is 0 Å². The molecule has 2 saturated heterocycles. The Morgan fingerprint density at radius 3 is 2.96 bits per heavy atom. The standard InChI is InChI=1S/C20H24N2O3/c1-3-12-13-8-10-22(24)11-9-20(18(12)22)14-6-4-5-7-15(14)21-17(20)16(13)19(23)25-2/h4-7,12-13,18,21H,3,8-11H2,1-2H3/t12-,13+,18-,20-,22?/m1/s1. The van der Waals surface area contributed by atoms with Crippen molar-refractivity contribution < 1.29 is 14.2 Å². The Balaban J connectivity index is 1.85. The highest BCUT2D eigenvalue weighted by atomic mass is 16.6. The Morgan fingerprint density at radius 1 is 1.40 bits per heavy atom. The molecule has 1 N–H and O–H groups in total. The molecule has 5 nitrogen and oxygen atoms in total. The highest BCUT2D eigenvalue weighted by Gasteiger charge is 2.69. The lowest BCUT2D eigenvalue weighted by Crippen LogP contribution is -2.64. The van der Waals surface area contributed by atoms with Gasteiger partial charge < -0.3 is 19.9 Å². The molecule has 3 aliphatic heterocycles. The van der Waals surface area contributed by atoms with Gasteiger partial charge >= 0.3 is 5.97 Å². The molecule has 4 aliphatic rings. The van der Waals surface area contributed by atoms with E-state index in [2.05, 4.69) is 24.4 Å². The molecule has 5 atom stereocenters. The van der Waals surface area contributed by atoms with E-state index in [0.717, 1.165) is 36.2 Å². The van der Waals surface area contributed by atoms with Gasteiger partial charge in [-0.2, -0.15) is 0 Å². The van der Waals surface area contributed by atoms with Crippen LogP contribution >= 0.6 is 0 Å². The molecule has 5 rings (SSSR count). The Morgan fingerprint density at radius 2 is 2.20 bits per heavy atom. The van der Waals surface area contributed by atoms with Crippen LogP contribution in [0.4, 0.5) is 5.69 Å². The van der Waals surface area contributed by atoms with Gasteiger partial charge in [0.2, 0.25) is 0 Å². The highest BCUT2D eigenvalue weighted by molar-refractivity contribution is 5.93. The third-order valence-corrected chi connectivity index (χ3v) is 7.27. The number of para-hydroxylation sites is 1. The summed E-state index contributed by atoms with van der Waals surface area (Å²) in [5, 5.41) is 17.2. The van der Waals surface area contributed by atoms with Crippen molar-refractivity contribution in [1.29, 1.82) is 0 Å². The van der Waals surface area contributed by atoms with E-state index in [4.69, 9.17) is 4.74 Å². The monoisotopic (exact) mass is 340 g/mol. The smallest absolute Gasteiger partial charge is 0.335 e. The molecule has 3 heterocycles. The number of benzene rings is 1. The number of anilines is 1. The minimum atomic E-state index is -0.348. The number of hydrogen-bond acceptors (Lipinski definition) is 4. The van der Waals surface area contributed by atoms with Crippen molar-refractivity contribution in [2.75, 3.05) is 25.5 Å². The Hall–Kier alpha value is -1.85. The van der Waals surface area contributed by atoms with E-state index in [1.54, 1.807) is 0 Å². The van der Waals surface area contributed by atoms with E-state index in [1.165, 1.54) is 12.7 Å². The number of piperidine rings is 1. The summed E-state index contributed by atoms with van der Waals surface area (Å²) < 4.78 is 5.09. The number of esters is 1. The zero-order valence-corrected chi connectivity index (χ0v) is 14.7. The molecule has 0 amide bonds. The minimum absolute atomic E-state index is 0.0100. The molecule has 132 valence electrons. The van der Waals surface area contributed by atoms with E-state index in [1.807, 2.05) is 12.1 Å². The molecule has 25 heavy (non-hydrogen) atoms. The van der Waals surface area contributed by atoms with Gasteiger partial charge in [-0.1, -0.05) is 25.1 Å². The second-order valence-electron chi connectivity index (χ2n) is 7.98. The van der Waals surface area contributed by atoms with Crippen molar-refractivity contribution in [2.45, 2.75) is 37.6 Å². The minimum Gasteiger partial charge on any atom is -0.633 e. The topological polar surface area (TPSA) is 61.4 Å². The fourth-order valence-electron chi connectivity index (χ4n) is 6.46. The van der Waals surface area contributed by atoms with Crippen LogP contribution in [0, 0.1) is 17.0 Å². The van der Waals surface area contributed by atoms with Gasteiger partial charge in [-0.3, -0.25) is 0 Å². The van der Waals surface area contributed by atoms with Gasteiger partial charge in [0.15, 0.2) is 0 Å².